The quantitative estimate of drug-likeness (QED) is 0.793. The number of hydrogen-bond acceptors (Lipinski definition) is 2. The van der Waals surface area contributed by atoms with Crippen LogP contribution in [-0.4, -0.2) is 38.9 Å². The summed E-state index contributed by atoms with van der Waals surface area (Å²) in [7, 11) is 2.07. The van der Waals surface area contributed by atoms with Crippen molar-refractivity contribution in [2.75, 3.05) is 19.6 Å². The molecule has 1 aliphatic rings. The summed E-state index contributed by atoms with van der Waals surface area (Å²) in [6.07, 6.45) is 6.22. The molecule has 0 N–H and O–H groups in total. The molecular weight excluding hydrogens is 266 g/mol. The molecule has 4 heteroatoms. The lowest BCUT2D eigenvalue weighted by atomic mass is 10.00. The van der Waals surface area contributed by atoms with Crippen LogP contribution in [0.1, 0.15) is 19.2 Å². The van der Waals surface area contributed by atoms with Crippen molar-refractivity contribution in [1.82, 2.24) is 14.5 Å². The molecule has 0 radical (unpaired) electrons. The Morgan fingerprint density at radius 2 is 2.38 bits per heavy atom. The average Bonchev–Trinajstić information content (AvgIpc) is 2.66. The molecule has 0 aromatic carbocycles. The van der Waals surface area contributed by atoms with Gasteiger partial charge < -0.3 is 9.47 Å². The highest BCUT2D eigenvalue weighted by Gasteiger charge is 2.23. The van der Waals surface area contributed by atoms with Gasteiger partial charge in [-0.25, -0.2) is 4.98 Å². The minimum Gasteiger partial charge on any atom is -0.338 e. The fourth-order valence-electron chi connectivity index (χ4n) is 2.30. The average molecular weight is 286 g/mol. The molecule has 1 aromatic heterocycles. The maximum absolute atomic E-state index is 4.36. The van der Waals surface area contributed by atoms with Crippen LogP contribution in [-0.2, 0) is 13.5 Å². The Labute approximate surface area is 106 Å². The Kier molecular flexibility index (Phi) is 4.03. The van der Waals surface area contributed by atoms with Crippen LogP contribution in [0.25, 0.3) is 0 Å². The van der Waals surface area contributed by atoms with Crippen molar-refractivity contribution in [3.8, 4) is 0 Å². The molecule has 3 nitrogen and oxygen atoms in total. The van der Waals surface area contributed by atoms with Gasteiger partial charge in [0, 0.05) is 43.8 Å². The zero-order valence-corrected chi connectivity index (χ0v) is 11.7. The SMILES string of the molecule is CC1CN(CCc2nccn2C)CCC1Br. The number of aryl methyl sites for hydroxylation is 1. The third-order valence-corrected chi connectivity index (χ3v) is 4.82. The van der Waals surface area contributed by atoms with Crippen molar-refractivity contribution in [3.05, 3.63) is 18.2 Å². The van der Waals surface area contributed by atoms with Crippen molar-refractivity contribution in [3.63, 3.8) is 0 Å². The number of imidazole rings is 1. The van der Waals surface area contributed by atoms with Gasteiger partial charge in [0.15, 0.2) is 0 Å². The Morgan fingerprint density at radius 1 is 1.56 bits per heavy atom. The van der Waals surface area contributed by atoms with E-state index in [0.29, 0.717) is 4.83 Å². The van der Waals surface area contributed by atoms with Crippen LogP contribution in [0.2, 0.25) is 0 Å². The third-order valence-electron chi connectivity index (χ3n) is 3.46. The van der Waals surface area contributed by atoms with E-state index < -0.39 is 0 Å². The van der Waals surface area contributed by atoms with Crippen LogP contribution in [0.5, 0.6) is 0 Å². The Balaban J connectivity index is 1.81. The van der Waals surface area contributed by atoms with Gasteiger partial charge in [-0.05, 0) is 18.9 Å². The van der Waals surface area contributed by atoms with Crippen molar-refractivity contribution in [2.45, 2.75) is 24.6 Å². The van der Waals surface area contributed by atoms with Crippen molar-refractivity contribution in [1.29, 1.82) is 0 Å². The standard InChI is InChI=1S/C12H20BrN3/c1-10-9-16(6-3-11(10)13)7-4-12-14-5-8-15(12)2/h5,8,10-11H,3-4,6-7,9H2,1-2H3. The van der Waals surface area contributed by atoms with E-state index in [-0.39, 0.29) is 0 Å². The number of hydrogen-bond donors (Lipinski definition) is 0. The summed E-state index contributed by atoms with van der Waals surface area (Å²) < 4.78 is 2.11. The monoisotopic (exact) mass is 285 g/mol. The maximum Gasteiger partial charge on any atom is 0.109 e. The molecule has 0 spiro atoms. The van der Waals surface area contributed by atoms with Gasteiger partial charge in [0.2, 0.25) is 0 Å². The molecule has 2 rings (SSSR count). The number of halogens is 1. The van der Waals surface area contributed by atoms with Gasteiger partial charge in [0.1, 0.15) is 5.82 Å². The molecule has 1 saturated heterocycles. The van der Waals surface area contributed by atoms with Crippen LogP contribution < -0.4 is 0 Å². The fraction of sp³-hybridized carbons (Fsp3) is 0.750. The van der Waals surface area contributed by atoms with Gasteiger partial charge in [-0.15, -0.1) is 0 Å². The highest BCUT2D eigenvalue weighted by molar-refractivity contribution is 9.09. The van der Waals surface area contributed by atoms with E-state index in [2.05, 4.69) is 44.4 Å². The van der Waals surface area contributed by atoms with Gasteiger partial charge in [-0.2, -0.15) is 0 Å². The zero-order valence-electron chi connectivity index (χ0n) is 10.1. The summed E-state index contributed by atoms with van der Waals surface area (Å²) in [6, 6.07) is 0. The first kappa shape index (κ1) is 12.1. The second-order valence-corrected chi connectivity index (χ2v) is 5.96. The third kappa shape index (κ3) is 2.86. The van der Waals surface area contributed by atoms with Gasteiger partial charge in [0.25, 0.3) is 0 Å². The van der Waals surface area contributed by atoms with Crippen LogP contribution in [0.4, 0.5) is 0 Å². The molecule has 90 valence electrons. The summed E-state index contributed by atoms with van der Waals surface area (Å²) in [5.74, 6) is 1.95. The van der Waals surface area contributed by atoms with Crippen molar-refractivity contribution >= 4 is 15.9 Å². The largest absolute Gasteiger partial charge is 0.338 e. The lowest BCUT2D eigenvalue weighted by Crippen LogP contribution is -2.40. The molecule has 0 amide bonds. The molecular formula is C12H20BrN3. The molecule has 1 aliphatic heterocycles. The maximum atomic E-state index is 4.36. The number of nitrogens with zero attached hydrogens (tertiary/aromatic N) is 3. The van der Waals surface area contributed by atoms with E-state index in [0.717, 1.165) is 18.9 Å². The number of aromatic nitrogens is 2. The second-order valence-electron chi connectivity index (χ2n) is 4.79. The van der Waals surface area contributed by atoms with Crippen LogP contribution in [0.3, 0.4) is 0 Å². The van der Waals surface area contributed by atoms with E-state index in [1.54, 1.807) is 0 Å². The zero-order chi connectivity index (χ0) is 11.5. The first-order valence-electron chi connectivity index (χ1n) is 5.99. The van der Waals surface area contributed by atoms with E-state index in [4.69, 9.17) is 0 Å². The van der Waals surface area contributed by atoms with Crippen LogP contribution >= 0.6 is 15.9 Å². The highest BCUT2D eigenvalue weighted by Crippen LogP contribution is 2.23. The number of rotatable bonds is 3. The molecule has 1 aromatic rings. The predicted octanol–water partition coefficient (Wildman–Crippen LogP) is 2.07. The first-order valence-corrected chi connectivity index (χ1v) is 6.91. The van der Waals surface area contributed by atoms with E-state index in [1.165, 1.54) is 25.3 Å². The highest BCUT2D eigenvalue weighted by atomic mass is 79.9. The lowest BCUT2D eigenvalue weighted by Gasteiger charge is -2.34. The Hall–Kier alpha value is -0.350. The molecule has 0 saturated carbocycles. The normalized spacial score (nSPS) is 27.2. The van der Waals surface area contributed by atoms with E-state index >= 15 is 0 Å². The Bertz CT molecular complexity index is 337. The summed E-state index contributed by atoms with van der Waals surface area (Å²) in [5.41, 5.74) is 0. The fourth-order valence-corrected chi connectivity index (χ4v) is 2.67. The second kappa shape index (κ2) is 5.32. The van der Waals surface area contributed by atoms with Crippen molar-refractivity contribution in [2.24, 2.45) is 13.0 Å². The molecule has 0 aliphatic carbocycles. The summed E-state index contributed by atoms with van der Waals surface area (Å²) in [6.45, 7) is 5.88. The van der Waals surface area contributed by atoms with Crippen LogP contribution in [0, 0.1) is 5.92 Å². The first-order chi connectivity index (χ1) is 7.66. The summed E-state index contributed by atoms with van der Waals surface area (Å²) in [4.78, 5) is 7.62. The molecule has 2 heterocycles. The Morgan fingerprint density at radius 3 is 3.00 bits per heavy atom. The summed E-state index contributed by atoms with van der Waals surface area (Å²) >= 11 is 3.74. The topological polar surface area (TPSA) is 21.1 Å². The lowest BCUT2D eigenvalue weighted by molar-refractivity contribution is 0.192. The van der Waals surface area contributed by atoms with Gasteiger partial charge >= 0.3 is 0 Å². The molecule has 2 atom stereocenters. The molecule has 16 heavy (non-hydrogen) atoms. The van der Waals surface area contributed by atoms with Crippen molar-refractivity contribution < 1.29 is 0 Å². The molecule has 1 fully saturated rings. The summed E-state index contributed by atoms with van der Waals surface area (Å²) in [5, 5.41) is 0. The van der Waals surface area contributed by atoms with E-state index in [9.17, 15) is 0 Å². The molecule has 2 unspecified atom stereocenters. The minimum atomic E-state index is 0.705. The smallest absolute Gasteiger partial charge is 0.109 e. The minimum absolute atomic E-state index is 0.705. The van der Waals surface area contributed by atoms with Gasteiger partial charge in [0.05, 0.1) is 0 Å². The molecule has 0 bridgehead atoms. The van der Waals surface area contributed by atoms with Crippen LogP contribution in [0.15, 0.2) is 12.4 Å². The van der Waals surface area contributed by atoms with Gasteiger partial charge in [-0.1, -0.05) is 22.9 Å². The predicted molar refractivity (Wildman–Crippen MR) is 69.8 cm³/mol. The van der Waals surface area contributed by atoms with E-state index in [1.807, 2.05) is 12.4 Å². The number of alkyl halides is 1. The number of likely N-dealkylation sites (tertiary alicyclic amines) is 1. The number of piperidine rings is 1. The van der Waals surface area contributed by atoms with Gasteiger partial charge in [-0.3, -0.25) is 0 Å².